The molecule has 0 bridgehead atoms. The van der Waals surface area contributed by atoms with Crippen LogP contribution in [0.15, 0.2) is 36.7 Å². The molecule has 0 unspecified atom stereocenters. The van der Waals surface area contributed by atoms with Crippen LogP contribution in [0, 0.1) is 5.92 Å². The van der Waals surface area contributed by atoms with E-state index in [4.69, 9.17) is 33.2 Å². The van der Waals surface area contributed by atoms with E-state index in [0.717, 1.165) is 5.56 Å². The number of benzene rings is 2. The first kappa shape index (κ1) is 29.8. The monoisotopic (exact) mass is 567 g/mol. The summed E-state index contributed by atoms with van der Waals surface area (Å²) in [4.78, 5) is 17.5. The second-order valence-corrected chi connectivity index (χ2v) is 9.77. The van der Waals surface area contributed by atoms with Gasteiger partial charge in [-0.15, -0.1) is 0 Å². The number of methoxy groups -OCH3 is 6. The molecular weight excluding hydrogens is 530 g/mol. The number of aromatic nitrogens is 1. The Balaban J connectivity index is 2.18. The van der Waals surface area contributed by atoms with E-state index in [1.54, 1.807) is 31.5 Å². The number of pyridine rings is 1. The van der Waals surface area contributed by atoms with Crippen molar-refractivity contribution in [1.29, 1.82) is 0 Å². The van der Waals surface area contributed by atoms with E-state index in [1.165, 1.54) is 41.7 Å². The molecule has 4 rings (SSSR count). The minimum absolute atomic E-state index is 0.249. The lowest BCUT2D eigenvalue weighted by Gasteiger charge is -2.43. The summed E-state index contributed by atoms with van der Waals surface area (Å²) in [6.45, 7) is 3.78. The molecule has 0 saturated heterocycles. The first-order valence-electron chi connectivity index (χ1n) is 13.2. The number of rotatable bonds is 9. The highest BCUT2D eigenvalue weighted by atomic mass is 16.6. The highest BCUT2D eigenvalue weighted by molar-refractivity contribution is 5.91. The molecule has 41 heavy (non-hydrogen) atoms. The molecular formula is C31H37NO9. The summed E-state index contributed by atoms with van der Waals surface area (Å²) in [5.41, 5.74) is 1.13. The van der Waals surface area contributed by atoms with Crippen LogP contribution in [-0.4, -0.2) is 64.3 Å². The van der Waals surface area contributed by atoms with Gasteiger partial charge in [-0.2, -0.15) is 0 Å². The Kier molecular flexibility index (Phi) is 8.82. The quantitative estimate of drug-likeness (QED) is 0.353. The Morgan fingerprint density at radius 3 is 2.00 bits per heavy atom. The van der Waals surface area contributed by atoms with Gasteiger partial charge in [0.25, 0.3) is 0 Å². The third-order valence-electron chi connectivity index (χ3n) is 7.83. The lowest BCUT2D eigenvalue weighted by atomic mass is 9.71. The van der Waals surface area contributed by atoms with E-state index >= 15 is 0 Å². The molecule has 10 heteroatoms. The van der Waals surface area contributed by atoms with Crippen molar-refractivity contribution in [2.75, 3.05) is 42.7 Å². The van der Waals surface area contributed by atoms with Crippen molar-refractivity contribution >= 4 is 5.97 Å². The first-order valence-corrected chi connectivity index (χ1v) is 13.2. The third-order valence-corrected chi connectivity index (χ3v) is 7.83. The van der Waals surface area contributed by atoms with Crippen LogP contribution >= 0.6 is 0 Å². The van der Waals surface area contributed by atoms with Gasteiger partial charge in [-0.3, -0.25) is 4.98 Å². The van der Waals surface area contributed by atoms with Crippen LogP contribution < -0.4 is 28.4 Å². The van der Waals surface area contributed by atoms with Crippen LogP contribution in [0.25, 0.3) is 11.1 Å². The Hall–Kier alpha value is -4.18. The molecule has 0 amide bonds. The summed E-state index contributed by atoms with van der Waals surface area (Å²) >= 11 is 0. The zero-order valence-electron chi connectivity index (χ0n) is 24.7. The standard InChI is InChI=1S/C31H37NO9/c1-9-31(34)17(2)13-19-14-21(35-3)25(37-5)27(39-7)23(19)24-20(15-22(36-4)26(38-6)28(24)40-8)29(31)41-30(33)18-11-10-12-32-16-18/h10-12,14-17,29,34H,9,13H2,1-8H3/t17-,29-,31-/m0/s1. The summed E-state index contributed by atoms with van der Waals surface area (Å²) in [6, 6.07) is 6.83. The van der Waals surface area contributed by atoms with Crippen molar-refractivity contribution < 1.29 is 43.1 Å². The van der Waals surface area contributed by atoms with Gasteiger partial charge in [0, 0.05) is 29.1 Å². The summed E-state index contributed by atoms with van der Waals surface area (Å²) in [6.07, 6.45) is 2.50. The predicted octanol–water partition coefficient (Wildman–Crippen LogP) is 5.03. The van der Waals surface area contributed by atoms with Crippen molar-refractivity contribution in [3.05, 3.63) is 53.3 Å². The van der Waals surface area contributed by atoms with E-state index in [9.17, 15) is 9.90 Å². The maximum absolute atomic E-state index is 13.5. The van der Waals surface area contributed by atoms with Crippen LogP contribution in [0.3, 0.4) is 0 Å². The second kappa shape index (κ2) is 12.1. The number of hydrogen-bond donors (Lipinski definition) is 1. The van der Waals surface area contributed by atoms with Gasteiger partial charge in [0.05, 0.1) is 48.2 Å². The highest BCUT2D eigenvalue weighted by Gasteiger charge is 2.48. The first-order chi connectivity index (χ1) is 19.7. The lowest BCUT2D eigenvalue weighted by Crippen LogP contribution is -2.46. The average molecular weight is 568 g/mol. The Bertz CT molecular complexity index is 1410. The molecule has 2 aromatic carbocycles. The molecule has 1 aliphatic rings. The molecule has 1 aliphatic carbocycles. The normalized spacial score (nSPS) is 19.5. The van der Waals surface area contributed by atoms with Crippen LogP contribution in [0.5, 0.6) is 34.5 Å². The van der Waals surface area contributed by atoms with Gasteiger partial charge in [0.1, 0.15) is 5.60 Å². The van der Waals surface area contributed by atoms with Crippen molar-refractivity contribution in [3.63, 3.8) is 0 Å². The zero-order chi connectivity index (χ0) is 29.9. The molecule has 3 atom stereocenters. The Labute approximate surface area is 240 Å². The molecule has 3 aromatic rings. The second-order valence-electron chi connectivity index (χ2n) is 9.77. The van der Waals surface area contributed by atoms with Crippen molar-refractivity contribution in [3.8, 4) is 45.6 Å². The number of aliphatic hydroxyl groups is 1. The zero-order valence-corrected chi connectivity index (χ0v) is 24.7. The highest BCUT2D eigenvalue weighted by Crippen LogP contribution is 2.58. The number of carbonyl (C=O) groups excluding carboxylic acids is 1. The third kappa shape index (κ3) is 4.97. The van der Waals surface area contributed by atoms with E-state index in [1.807, 2.05) is 19.9 Å². The van der Waals surface area contributed by atoms with Gasteiger partial charge in [-0.05, 0) is 48.6 Å². The molecule has 10 nitrogen and oxygen atoms in total. The number of hydrogen-bond acceptors (Lipinski definition) is 10. The molecule has 1 heterocycles. The number of carbonyl (C=O) groups is 1. The number of esters is 1. The average Bonchev–Trinajstić information content (AvgIpc) is 3.01. The summed E-state index contributed by atoms with van der Waals surface area (Å²) in [7, 11) is 9.13. The van der Waals surface area contributed by atoms with Gasteiger partial charge in [0.15, 0.2) is 29.1 Å². The van der Waals surface area contributed by atoms with Crippen molar-refractivity contribution in [2.45, 2.75) is 38.4 Å². The van der Waals surface area contributed by atoms with E-state index in [-0.39, 0.29) is 12.0 Å². The van der Waals surface area contributed by atoms with Crippen LogP contribution in [0.4, 0.5) is 0 Å². The summed E-state index contributed by atoms with van der Waals surface area (Å²) in [5, 5.41) is 12.4. The van der Waals surface area contributed by atoms with Gasteiger partial charge >= 0.3 is 5.97 Å². The molecule has 1 aromatic heterocycles. The van der Waals surface area contributed by atoms with Gasteiger partial charge in [-0.1, -0.05) is 13.8 Å². The van der Waals surface area contributed by atoms with Crippen LogP contribution in [-0.2, 0) is 11.2 Å². The van der Waals surface area contributed by atoms with Crippen molar-refractivity contribution in [2.24, 2.45) is 5.92 Å². The minimum atomic E-state index is -1.50. The van der Waals surface area contributed by atoms with E-state index in [0.29, 0.717) is 57.6 Å². The van der Waals surface area contributed by atoms with E-state index in [2.05, 4.69) is 4.98 Å². The van der Waals surface area contributed by atoms with Crippen LogP contribution in [0.1, 0.15) is 47.9 Å². The largest absolute Gasteiger partial charge is 0.493 e. The van der Waals surface area contributed by atoms with Gasteiger partial charge in [0.2, 0.25) is 11.5 Å². The predicted molar refractivity (Wildman–Crippen MR) is 152 cm³/mol. The summed E-state index contributed by atoms with van der Waals surface area (Å²) < 4.78 is 41.0. The fraction of sp³-hybridized carbons (Fsp3) is 0.419. The topological polar surface area (TPSA) is 115 Å². The smallest absolute Gasteiger partial charge is 0.340 e. The number of nitrogens with zero attached hydrogens (tertiary/aromatic N) is 1. The number of ether oxygens (including phenoxy) is 7. The molecule has 0 fully saturated rings. The Morgan fingerprint density at radius 1 is 0.902 bits per heavy atom. The molecule has 1 N–H and O–H groups in total. The van der Waals surface area contributed by atoms with Gasteiger partial charge in [-0.25, -0.2) is 4.79 Å². The van der Waals surface area contributed by atoms with E-state index < -0.39 is 23.6 Å². The SMILES string of the molecule is CC[C@]1(O)[C@@H](C)Cc2cc(OC)c(OC)c(OC)c2-c2c(cc(OC)c(OC)c2OC)[C@@H]1OC(=O)c1cccnc1. The van der Waals surface area contributed by atoms with Crippen molar-refractivity contribution in [1.82, 2.24) is 4.98 Å². The molecule has 0 spiro atoms. The lowest BCUT2D eigenvalue weighted by molar-refractivity contribution is -0.121. The van der Waals surface area contributed by atoms with Crippen LogP contribution in [0.2, 0.25) is 0 Å². The minimum Gasteiger partial charge on any atom is -0.493 e. The fourth-order valence-electron chi connectivity index (χ4n) is 5.67. The fourth-order valence-corrected chi connectivity index (χ4v) is 5.67. The molecule has 0 aliphatic heterocycles. The Morgan fingerprint density at radius 2 is 1.49 bits per heavy atom. The van der Waals surface area contributed by atoms with Gasteiger partial charge < -0.3 is 38.3 Å². The molecule has 220 valence electrons. The maximum atomic E-state index is 13.5. The summed E-state index contributed by atoms with van der Waals surface area (Å²) in [5.74, 6) is 1.16. The molecule has 0 radical (unpaired) electrons. The maximum Gasteiger partial charge on any atom is 0.340 e. The number of fused-ring (bicyclic) bond motifs is 3. The molecule has 0 saturated carbocycles.